The molecule has 0 radical (unpaired) electrons. The molecule has 2 N–H and O–H groups in total. The zero-order valence-corrected chi connectivity index (χ0v) is 13.6. The minimum Gasteiger partial charge on any atom is -0.495 e. The lowest BCUT2D eigenvalue weighted by molar-refractivity contribution is 0.415. The molecule has 0 heterocycles. The van der Waals surface area contributed by atoms with Gasteiger partial charge in [0, 0.05) is 15.6 Å². The zero-order valence-electron chi connectivity index (χ0n) is 10.5. The van der Waals surface area contributed by atoms with Crippen LogP contribution in [0.2, 0.25) is 10.0 Å². The Morgan fingerprint density at radius 2 is 1.85 bits per heavy atom. The van der Waals surface area contributed by atoms with Crippen LogP contribution in [0.4, 0.5) is 4.39 Å². The molecule has 2 aromatic carbocycles. The number of nitrogens with two attached hydrogens (primary N) is 1. The average Bonchev–Trinajstić information content (AvgIpc) is 2.40. The van der Waals surface area contributed by atoms with Gasteiger partial charge in [0.15, 0.2) is 0 Å². The van der Waals surface area contributed by atoms with E-state index in [0.29, 0.717) is 25.8 Å². The molecule has 106 valence electrons. The van der Waals surface area contributed by atoms with Crippen molar-refractivity contribution in [3.8, 4) is 5.75 Å². The van der Waals surface area contributed by atoms with Crippen LogP contribution in [0.5, 0.6) is 5.75 Å². The molecule has 0 saturated carbocycles. The van der Waals surface area contributed by atoms with E-state index in [1.54, 1.807) is 18.2 Å². The minimum absolute atomic E-state index is 0.341. The largest absolute Gasteiger partial charge is 0.495 e. The van der Waals surface area contributed by atoms with Gasteiger partial charge in [-0.25, -0.2) is 4.39 Å². The number of hydrogen-bond acceptors (Lipinski definition) is 2. The summed E-state index contributed by atoms with van der Waals surface area (Å²) in [6.07, 6.45) is 0. The molecule has 0 aliphatic rings. The normalized spacial score (nSPS) is 12.3. The number of halogens is 4. The first-order valence-electron chi connectivity index (χ1n) is 5.67. The molecule has 0 spiro atoms. The Hall–Kier alpha value is -0.810. The predicted molar refractivity (Wildman–Crippen MR) is 83.1 cm³/mol. The Morgan fingerprint density at radius 3 is 2.45 bits per heavy atom. The minimum atomic E-state index is -0.527. The van der Waals surface area contributed by atoms with Crippen molar-refractivity contribution in [2.45, 2.75) is 6.04 Å². The summed E-state index contributed by atoms with van der Waals surface area (Å²) in [5.41, 5.74) is 7.55. The predicted octanol–water partition coefficient (Wildman–Crippen LogP) is 4.95. The van der Waals surface area contributed by atoms with Gasteiger partial charge in [0.25, 0.3) is 0 Å². The lowest BCUT2D eigenvalue weighted by Gasteiger charge is -2.17. The summed E-state index contributed by atoms with van der Waals surface area (Å²) >= 11 is 15.6. The van der Waals surface area contributed by atoms with Gasteiger partial charge < -0.3 is 10.5 Å². The van der Waals surface area contributed by atoms with Crippen LogP contribution in [-0.4, -0.2) is 7.11 Å². The standard InChI is InChI=1S/C14H11BrCl2FNO/c1-20-13-6-11(16)9(5-12(13)17)14(19)8-3-2-7(18)4-10(8)15/h2-6,14H,19H2,1H3. The zero-order chi connectivity index (χ0) is 14.9. The Kier molecular flexibility index (Phi) is 4.91. The van der Waals surface area contributed by atoms with Gasteiger partial charge in [-0.05, 0) is 29.3 Å². The third-order valence-corrected chi connectivity index (χ3v) is 4.21. The van der Waals surface area contributed by atoms with Crippen molar-refractivity contribution in [2.75, 3.05) is 7.11 Å². The van der Waals surface area contributed by atoms with E-state index < -0.39 is 6.04 Å². The molecule has 2 nitrogen and oxygen atoms in total. The maximum absolute atomic E-state index is 13.1. The van der Waals surface area contributed by atoms with Crippen LogP contribution in [0, 0.1) is 5.82 Å². The van der Waals surface area contributed by atoms with Crippen LogP contribution in [0.15, 0.2) is 34.8 Å². The topological polar surface area (TPSA) is 35.2 Å². The van der Waals surface area contributed by atoms with Gasteiger partial charge in [-0.1, -0.05) is 45.2 Å². The summed E-state index contributed by atoms with van der Waals surface area (Å²) in [6.45, 7) is 0. The lowest BCUT2D eigenvalue weighted by atomic mass is 9.99. The van der Waals surface area contributed by atoms with Crippen molar-refractivity contribution >= 4 is 39.1 Å². The van der Waals surface area contributed by atoms with Gasteiger partial charge in [-0.15, -0.1) is 0 Å². The molecular formula is C14H11BrCl2FNO. The smallest absolute Gasteiger partial charge is 0.138 e. The van der Waals surface area contributed by atoms with E-state index in [2.05, 4.69) is 15.9 Å². The van der Waals surface area contributed by atoms with Crippen LogP contribution >= 0.6 is 39.1 Å². The van der Waals surface area contributed by atoms with Crippen molar-refractivity contribution in [1.29, 1.82) is 0 Å². The number of methoxy groups -OCH3 is 1. The monoisotopic (exact) mass is 377 g/mol. The molecule has 1 unspecified atom stereocenters. The molecule has 0 amide bonds. The van der Waals surface area contributed by atoms with Gasteiger partial charge in [-0.3, -0.25) is 0 Å². The van der Waals surface area contributed by atoms with Crippen molar-refractivity contribution < 1.29 is 9.13 Å². The van der Waals surface area contributed by atoms with Gasteiger partial charge in [0.1, 0.15) is 11.6 Å². The number of benzene rings is 2. The van der Waals surface area contributed by atoms with Gasteiger partial charge >= 0.3 is 0 Å². The summed E-state index contributed by atoms with van der Waals surface area (Å²) in [7, 11) is 1.51. The fourth-order valence-corrected chi connectivity index (χ4v) is 2.98. The highest BCUT2D eigenvalue weighted by atomic mass is 79.9. The van der Waals surface area contributed by atoms with E-state index in [9.17, 15) is 4.39 Å². The van der Waals surface area contributed by atoms with Crippen molar-refractivity contribution in [2.24, 2.45) is 5.73 Å². The SMILES string of the molecule is COc1cc(Cl)c(C(N)c2ccc(F)cc2Br)cc1Cl. The molecule has 0 aliphatic carbocycles. The van der Waals surface area contributed by atoms with E-state index in [4.69, 9.17) is 33.7 Å². The molecule has 1 atom stereocenters. The van der Waals surface area contributed by atoms with Gasteiger partial charge in [0.05, 0.1) is 18.2 Å². The Balaban J connectivity index is 2.48. The average molecular weight is 379 g/mol. The fraction of sp³-hybridized carbons (Fsp3) is 0.143. The van der Waals surface area contributed by atoms with E-state index in [1.165, 1.54) is 19.2 Å². The molecule has 2 rings (SSSR count). The number of rotatable bonds is 3. The molecule has 2 aromatic rings. The van der Waals surface area contributed by atoms with Gasteiger partial charge in [0.2, 0.25) is 0 Å². The lowest BCUT2D eigenvalue weighted by Crippen LogP contribution is -2.13. The molecule has 0 saturated heterocycles. The molecule has 0 aromatic heterocycles. The molecular weight excluding hydrogens is 368 g/mol. The second kappa shape index (κ2) is 6.31. The fourth-order valence-electron chi connectivity index (χ4n) is 1.86. The maximum Gasteiger partial charge on any atom is 0.138 e. The summed E-state index contributed by atoms with van der Waals surface area (Å²) in [5.74, 6) is 0.137. The first kappa shape index (κ1) is 15.6. The Labute approximate surface area is 134 Å². The van der Waals surface area contributed by atoms with Crippen LogP contribution in [0.1, 0.15) is 17.2 Å². The van der Waals surface area contributed by atoms with E-state index >= 15 is 0 Å². The Morgan fingerprint density at radius 1 is 1.15 bits per heavy atom. The molecule has 6 heteroatoms. The Bertz CT molecular complexity index is 651. The molecule has 0 aliphatic heterocycles. The van der Waals surface area contributed by atoms with Crippen molar-refractivity contribution in [1.82, 2.24) is 0 Å². The highest BCUT2D eigenvalue weighted by molar-refractivity contribution is 9.10. The number of hydrogen-bond donors (Lipinski definition) is 1. The van der Waals surface area contributed by atoms with Crippen LogP contribution < -0.4 is 10.5 Å². The second-order valence-corrected chi connectivity index (χ2v) is 5.82. The molecule has 20 heavy (non-hydrogen) atoms. The van der Waals surface area contributed by atoms with Crippen LogP contribution in [-0.2, 0) is 0 Å². The third-order valence-electron chi connectivity index (χ3n) is 2.90. The van der Waals surface area contributed by atoms with Crippen molar-refractivity contribution in [3.05, 3.63) is 61.8 Å². The first-order valence-corrected chi connectivity index (χ1v) is 7.22. The molecule has 0 bridgehead atoms. The summed E-state index contributed by atoms with van der Waals surface area (Å²) < 4.78 is 18.8. The van der Waals surface area contributed by atoms with Crippen LogP contribution in [0.3, 0.4) is 0 Å². The second-order valence-electron chi connectivity index (χ2n) is 4.15. The third kappa shape index (κ3) is 3.09. The summed E-state index contributed by atoms with van der Waals surface area (Å²) in [5, 5.41) is 0.857. The maximum atomic E-state index is 13.1. The first-order chi connectivity index (χ1) is 9.43. The van der Waals surface area contributed by atoms with E-state index in [-0.39, 0.29) is 5.82 Å². The summed E-state index contributed by atoms with van der Waals surface area (Å²) in [4.78, 5) is 0. The molecule has 0 fully saturated rings. The highest BCUT2D eigenvalue weighted by Crippen LogP contribution is 2.37. The highest BCUT2D eigenvalue weighted by Gasteiger charge is 2.18. The van der Waals surface area contributed by atoms with Crippen molar-refractivity contribution in [3.63, 3.8) is 0 Å². The summed E-state index contributed by atoms with van der Waals surface area (Å²) in [6, 6.07) is 7.05. The van der Waals surface area contributed by atoms with Gasteiger partial charge in [-0.2, -0.15) is 0 Å². The van der Waals surface area contributed by atoms with E-state index in [1.807, 2.05) is 0 Å². The van der Waals surface area contributed by atoms with Crippen LogP contribution in [0.25, 0.3) is 0 Å². The van der Waals surface area contributed by atoms with E-state index in [0.717, 1.165) is 5.56 Å². The quantitative estimate of drug-likeness (QED) is 0.819. The number of ether oxygens (including phenoxy) is 1.